The summed E-state index contributed by atoms with van der Waals surface area (Å²) in [5.74, 6) is 0. The third kappa shape index (κ3) is 2.64. The van der Waals surface area contributed by atoms with Crippen molar-refractivity contribution < 1.29 is 5.11 Å². The van der Waals surface area contributed by atoms with Crippen molar-refractivity contribution in [1.29, 1.82) is 0 Å². The van der Waals surface area contributed by atoms with Gasteiger partial charge in [0.05, 0.1) is 21.5 Å². The Kier molecular flexibility index (Phi) is 3.63. The molecule has 18 heavy (non-hydrogen) atoms. The number of hydrogen-bond donors (Lipinski definition) is 1. The minimum absolute atomic E-state index is 0.257. The van der Waals surface area contributed by atoms with E-state index in [4.69, 9.17) is 0 Å². The summed E-state index contributed by atoms with van der Waals surface area (Å²) in [6.45, 7) is 9.42. The number of nitrogens with zero attached hydrogens (tertiary/aromatic N) is 2. The van der Waals surface area contributed by atoms with Gasteiger partial charge in [0.25, 0.3) is 0 Å². The van der Waals surface area contributed by atoms with Crippen LogP contribution in [0.5, 0.6) is 0 Å². The third-order valence-corrected chi connectivity index (χ3v) is 5.06. The summed E-state index contributed by atoms with van der Waals surface area (Å²) in [5, 5.41) is 15.3. The van der Waals surface area contributed by atoms with E-state index in [9.17, 15) is 5.11 Å². The number of halogens is 1. The van der Waals surface area contributed by atoms with Gasteiger partial charge in [0.1, 0.15) is 0 Å². The van der Waals surface area contributed by atoms with Crippen molar-refractivity contribution in [2.75, 3.05) is 0 Å². The fourth-order valence-corrected chi connectivity index (χ4v) is 3.56. The zero-order valence-corrected chi connectivity index (χ0v) is 13.3. The molecule has 0 radical (unpaired) electrons. The first-order valence-electron chi connectivity index (χ1n) is 6.70. The van der Waals surface area contributed by atoms with E-state index in [1.54, 1.807) is 0 Å². The standard InChI is InChI=1S/C14H23BrN2O/c1-5-17-11(12(15)10(2)16-17)8-14(18)7-6-13(3,4)9-14/h18H,5-9H2,1-4H3. The van der Waals surface area contributed by atoms with E-state index < -0.39 is 5.60 Å². The molecule has 1 N–H and O–H groups in total. The lowest BCUT2D eigenvalue weighted by atomic mass is 9.87. The Bertz CT molecular complexity index is 453. The van der Waals surface area contributed by atoms with E-state index in [-0.39, 0.29) is 5.41 Å². The van der Waals surface area contributed by atoms with Gasteiger partial charge in [-0.15, -0.1) is 0 Å². The molecular weight excluding hydrogens is 292 g/mol. The molecule has 102 valence electrons. The highest BCUT2D eigenvalue weighted by atomic mass is 79.9. The smallest absolute Gasteiger partial charge is 0.0738 e. The maximum absolute atomic E-state index is 10.8. The van der Waals surface area contributed by atoms with Crippen LogP contribution in [0.4, 0.5) is 0 Å². The normalized spacial score (nSPS) is 26.8. The maximum atomic E-state index is 10.8. The molecule has 1 atom stereocenters. The van der Waals surface area contributed by atoms with Crippen LogP contribution >= 0.6 is 15.9 Å². The average molecular weight is 315 g/mol. The molecule has 1 aliphatic rings. The fourth-order valence-electron chi connectivity index (χ4n) is 3.14. The van der Waals surface area contributed by atoms with Gasteiger partial charge in [0.15, 0.2) is 0 Å². The summed E-state index contributed by atoms with van der Waals surface area (Å²) < 4.78 is 3.06. The van der Waals surface area contributed by atoms with Gasteiger partial charge in [0.2, 0.25) is 0 Å². The van der Waals surface area contributed by atoms with Crippen LogP contribution in [0.2, 0.25) is 0 Å². The number of aryl methyl sites for hydroxylation is 2. The second kappa shape index (κ2) is 4.64. The van der Waals surface area contributed by atoms with Crippen LogP contribution < -0.4 is 0 Å². The average Bonchev–Trinajstić information content (AvgIpc) is 2.69. The highest BCUT2D eigenvalue weighted by Crippen LogP contribution is 2.45. The van der Waals surface area contributed by atoms with Crippen LogP contribution in [0.1, 0.15) is 51.4 Å². The Hall–Kier alpha value is -0.350. The van der Waals surface area contributed by atoms with E-state index >= 15 is 0 Å². The van der Waals surface area contributed by atoms with Crippen LogP contribution in [-0.2, 0) is 13.0 Å². The number of hydrogen-bond acceptors (Lipinski definition) is 2. The lowest BCUT2D eigenvalue weighted by Crippen LogP contribution is -2.30. The van der Waals surface area contributed by atoms with Crippen LogP contribution in [0.3, 0.4) is 0 Å². The molecule has 1 aliphatic carbocycles. The molecule has 1 fully saturated rings. The first kappa shape index (κ1) is 14.1. The molecule has 3 nitrogen and oxygen atoms in total. The van der Waals surface area contributed by atoms with E-state index in [0.29, 0.717) is 6.42 Å². The van der Waals surface area contributed by atoms with Gasteiger partial charge in [-0.25, -0.2) is 0 Å². The summed E-state index contributed by atoms with van der Waals surface area (Å²) in [5.41, 5.74) is 1.83. The zero-order chi connectivity index (χ0) is 13.6. The van der Waals surface area contributed by atoms with Crippen LogP contribution in [0.15, 0.2) is 4.47 Å². The predicted octanol–water partition coefficient (Wildman–Crippen LogP) is 3.46. The zero-order valence-electron chi connectivity index (χ0n) is 11.8. The van der Waals surface area contributed by atoms with Gasteiger partial charge in [-0.2, -0.15) is 5.10 Å². The molecule has 2 rings (SSSR count). The Morgan fingerprint density at radius 3 is 2.56 bits per heavy atom. The molecular formula is C14H23BrN2O. The maximum Gasteiger partial charge on any atom is 0.0738 e. The van der Waals surface area contributed by atoms with Crippen molar-refractivity contribution in [2.45, 2.75) is 65.5 Å². The van der Waals surface area contributed by atoms with Gasteiger partial charge in [-0.3, -0.25) is 4.68 Å². The molecule has 0 amide bonds. The second-order valence-electron chi connectivity index (χ2n) is 6.40. The Morgan fingerprint density at radius 2 is 2.06 bits per heavy atom. The van der Waals surface area contributed by atoms with E-state index in [1.165, 1.54) is 0 Å². The SMILES string of the molecule is CCn1nc(C)c(Br)c1CC1(O)CCC(C)(C)C1. The minimum atomic E-state index is -0.564. The molecule has 4 heteroatoms. The Morgan fingerprint density at radius 1 is 1.39 bits per heavy atom. The first-order chi connectivity index (χ1) is 8.26. The predicted molar refractivity (Wildman–Crippen MR) is 76.6 cm³/mol. The van der Waals surface area contributed by atoms with Crippen LogP contribution in [-0.4, -0.2) is 20.5 Å². The van der Waals surface area contributed by atoms with Crippen molar-refractivity contribution in [3.05, 3.63) is 15.9 Å². The summed E-state index contributed by atoms with van der Waals surface area (Å²) in [4.78, 5) is 0. The molecule has 0 saturated heterocycles. The van der Waals surface area contributed by atoms with Gasteiger partial charge in [0, 0.05) is 13.0 Å². The van der Waals surface area contributed by atoms with Crippen molar-refractivity contribution in [3.63, 3.8) is 0 Å². The first-order valence-corrected chi connectivity index (χ1v) is 7.50. The summed E-state index contributed by atoms with van der Waals surface area (Å²) >= 11 is 3.61. The van der Waals surface area contributed by atoms with Gasteiger partial charge in [-0.05, 0) is 54.5 Å². The van der Waals surface area contributed by atoms with Crippen molar-refractivity contribution >= 4 is 15.9 Å². The molecule has 1 aromatic rings. The van der Waals surface area contributed by atoms with Gasteiger partial charge < -0.3 is 5.11 Å². The van der Waals surface area contributed by atoms with Crippen LogP contribution in [0.25, 0.3) is 0 Å². The Labute approximate surface area is 118 Å². The fraction of sp³-hybridized carbons (Fsp3) is 0.786. The molecule has 0 bridgehead atoms. The number of rotatable bonds is 3. The highest BCUT2D eigenvalue weighted by Gasteiger charge is 2.42. The quantitative estimate of drug-likeness (QED) is 0.927. The van der Waals surface area contributed by atoms with Crippen molar-refractivity contribution in [2.24, 2.45) is 5.41 Å². The molecule has 1 heterocycles. The van der Waals surface area contributed by atoms with Crippen molar-refractivity contribution in [3.8, 4) is 0 Å². The van der Waals surface area contributed by atoms with Gasteiger partial charge in [-0.1, -0.05) is 13.8 Å². The van der Waals surface area contributed by atoms with E-state index in [2.05, 4.69) is 41.8 Å². The summed E-state index contributed by atoms with van der Waals surface area (Å²) in [6.07, 6.45) is 3.56. The minimum Gasteiger partial charge on any atom is -0.389 e. The van der Waals surface area contributed by atoms with Gasteiger partial charge >= 0.3 is 0 Å². The molecule has 1 aromatic heterocycles. The largest absolute Gasteiger partial charge is 0.389 e. The van der Waals surface area contributed by atoms with E-state index in [1.807, 2.05) is 11.6 Å². The number of aromatic nitrogens is 2. The molecule has 0 aliphatic heterocycles. The van der Waals surface area contributed by atoms with E-state index in [0.717, 1.165) is 41.7 Å². The molecule has 1 saturated carbocycles. The molecule has 0 spiro atoms. The third-order valence-electron chi connectivity index (χ3n) is 4.02. The lowest BCUT2D eigenvalue weighted by Gasteiger charge is -2.25. The topological polar surface area (TPSA) is 38.0 Å². The lowest BCUT2D eigenvalue weighted by molar-refractivity contribution is 0.0357. The highest BCUT2D eigenvalue weighted by molar-refractivity contribution is 9.10. The van der Waals surface area contributed by atoms with Crippen molar-refractivity contribution in [1.82, 2.24) is 9.78 Å². The second-order valence-corrected chi connectivity index (χ2v) is 7.20. The van der Waals surface area contributed by atoms with Crippen LogP contribution in [0, 0.1) is 12.3 Å². The number of aliphatic hydroxyl groups is 1. The molecule has 0 aromatic carbocycles. The molecule has 1 unspecified atom stereocenters. The summed E-state index contributed by atoms with van der Waals surface area (Å²) in [6, 6.07) is 0. The summed E-state index contributed by atoms with van der Waals surface area (Å²) in [7, 11) is 0. The monoisotopic (exact) mass is 314 g/mol. The Balaban J connectivity index is 2.24.